The Balaban J connectivity index is 2.44. The SMILES string of the molecule is CC1SCCN(C(=O)OCCO)C1C. The molecule has 0 aromatic rings. The van der Waals surface area contributed by atoms with Gasteiger partial charge >= 0.3 is 6.09 Å². The number of carbonyl (C=O) groups excluding carboxylic acids is 1. The Hall–Kier alpha value is -0.420. The van der Waals surface area contributed by atoms with Gasteiger partial charge in [0.25, 0.3) is 0 Å². The van der Waals surface area contributed by atoms with Crippen LogP contribution in [0.15, 0.2) is 0 Å². The Bertz CT molecular complexity index is 200. The summed E-state index contributed by atoms with van der Waals surface area (Å²) in [5, 5.41) is 8.98. The van der Waals surface area contributed by atoms with Crippen molar-refractivity contribution in [3.05, 3.63) is 0 Å². The molecule has 1 rings (SSSR count). The largest absolute Gasteiger partial charge is 0.447 e. The molecule has 82 valence electrons. The molecular weight excluding hydrogens is 202 g/mol. The minimum Gasteiger partial charge on any atom is -0.447 e. The normalized spacial score (nSPS) is 27.5. The second kappa shape index (κ2) is 5.46. The molecule has 0 aromatic heterocycles. The van der Waals surface area contributed by atoms with Crippen molar-refractivity contribution in [1.82, 2.24) is 4.90 Å². The summed E-state index contributed by atoms with van der Waals surface area (Å²) >= 11 is 1.87. The van der Waals surface area contributed by atoms with Gasteiger partial charge < -0.3 is 14.7 Å². The van der Waals surface area contributed by atoms with Gasteiger partial charge in [0.15, 0.2) is 0 Å². The molecule has 14 heavy (non-hydrogen) atoms. The van der Waals surface area contributed by atoms with Crippen LogP contribution in [-0.4, -0.2) is 52.9 Å². The molecule has 1 aliphatic heterocycles. The predicted molar refractivity (Wildman–Crippen MR) is 56.5 cm³/mol. The molecule has 0 saturated carbocycles. The van der Waals surface area contributed by atoms with E-state index in [0.29, 0.717) is 5.25 Å². The first-order valence-corrected chi connectivity index (χ1v) is 5.87. The van der Waals surface area contributed by atoms with Gasteiger partial charge in [-0.15, -0.1) is 0 Å². The third kappa shape index (κ3) is 2.78. The lowest BCUT2D eigenvalue weighted by Crippen LogP contribution is -2.48. The molecule has 4 nitrogen and oxygen atoms in total. The van der Waals surface area contributed by atoms with Crippen LogP contribution in [-0.2, 0) is 4.74 Å². The van der Waals surface area contributed by atoms with E-state index in [2.05, 4.69) is 6.92 Å². The lowest BCUT2D eigenvalue weighted by atomic mass is 10.2. The van der Waals surface area contributed by atoms with Crippen molar-refractivity contribution in [2.75, 3.05) is 25.5 Å². The molecule has 0 aliphatic carbocycles. The Morgan fingerprint density at radius 1 is 1.64 bits per heavy atom. The van der Waals surface area contributed by atoms with Crippen LogP contribution in [0.3, 0.4) is 0 Å². The Morgan fingerprint density at radius 2 is 2.36 bits per heavy atom. The summed E-state index contributed by atoms with van der Waals surface area (Å²) in [4.78, 5) is 13.2. The van der Waals surface area contributed by atoms with Gasteiger partial charge in [-0.3, -0.25) is 0 Å². The van der Waals surface area contributed by atoms with Gasteiger partial charge in [0.05, 0.1) is 6.61 Å². The number of hydrogen-bond acceptors (Lipinski definition) is 4. The number of thioether (sulfide) groups is 1. The zero-order valence-electron chi connectivity index (χ0n) is 8.60. The van der Waals surface area contributed by atoms with Crippen molar-refractivity contribution in [3.8, 4) is 0 Å². The van der Waals surface area contributed by atoms with Crippen molar-refractivity contribution in [2.24, 2.45) is 0 Å². The van der Waals surface area contributed by atoms with Gasteiger partial charge in [-0.2, -0.15) is 11.8 Å². The number of carbonyl (C=O) groups is 1. The zero-order valence-corrected chi connectivity index (χ0v) is 9.42. The van der Waals surface area contributed by atoms with Crippen LogP contribution in [0.2, 0.25) is 0 Å². The first-order valence-electron chi connectivity index (χ1n) is 4.82. The molecular formula is C9H17NO3S. The Labute approximate surface area is 88.6 Å². The summed E-state index contributed by atoms with van der Waals surface area (Å²) in [6.07, 6.45) is -0.307. The van der Waals surface area contributed by atoms with E-state index in [1.165, 1.54) is 0 Å². The molecule has 0 bridgehead atoms. The van der Waals surface area contributed by atoms with E-state index in [9.17, 15) is 4.79 Å². The van der Waals surface area contributed by atoms with Gasteiger partial charge in [0.2, 0.25) is 0 Å². The molecule has 5 heteroatoms. The molecule has 1 N–H and O–H groups in total. The number of hydrogen-bond donors (Lipinski definition) is 1. The number of aliphatic hydroxyl groups excluding tert-OH is 1. The number of amides is 1. The summed E-state index contributed by atoms with van der Waals surface area (Å²) in [5.41, 5.74) is 0. The molecule has 2 unspecified atom stereocenters. The van der Waals surface area contributed by atoms with Crippen LogP contribution in [0.25, 0.3) is 0 Å². The lowest BCUT2D eigenvalue weighted by molar-refractivity contribution is 0.0743. The third-order valence-electron chi connectivity index (χ3n) is 2.44. The van der Waals surface area contributed by atoms with Crippen molar-refractivity contribution in [2.45, 2.75) is 25.1 Å². The fourth-order valence-corrected chi connectivity index (χ4v) is 2.51. The predicted octanol–water partition coefficient (Wildman–Crippen LogP) is 0.941. The zero-order chi connectivity index (χ0) is 10.6. The van der Waals surface area contributed by atoms with E-state index in [-0.39, 0.29) is 25.3 Å². The van der Waals surface area contributed by atoms with Gasteiger partial charge in [0.1, 0.15) is 6.61 Å². The minimum atomic E-state index is -0.307. The first-order chi connectivity index (χ1) is 6.66. The summed E-state index contributed by atoms with van der Waals surface area (Å²) in [6.45, 7) is 4.85. The standard InChI is InChI=1S/C9H17NO3S/c1-7-8(2)14-6-3-10(7)9(12)13-5-4-11/h7-8,11H,3-6H2,1-2H3. The fraction of sp³-hybridized carbons (Fsp3) is 0.889. The third-order valence-corrected chi connectivity index (χ3v) is 3.77. The second-order valence-electron chi connectivity index (χ2n) is 3.35. The van der Waals surface area contributed by atoms with Crippen molar-refractivity contribution in [1.29, 1.82) is 0 Å². The topological polar surface area (TPSA) is 49.8 Å². The van der Waals surface area contributed by atoms with Crippen LogP contribution >= 0.6 is 11.8 Å². The molecule has 1 heterocycles. The number of nitrogens with zero attached hydrogens (tertiary/aromatic N) is 1. The molecule has 0 aromatic carbocycles. The van der Waals surface area contributed by atoms with Crippen molar-refractivity contribution >= 4 is 17.9 Å². The van der Waals surface area contributed by atoms with Gasteiger partial charge in [-0.1, -0.05) is 6.92 Å². The molecule has 1 amide bonds. The lowest BCUT2D eigenvalue weighted by Gasteiger charge is -2.36. The quantitative estimate of drug-likeness (QED) is 0.751. The highest BCUT2D eigenvalue weighted by Gasteiger charge is 2.29. The van der Waals surface area contributed by atoms with Crippen molar-refractivity contribution in [3.63, 3.8) is 0 Å². The molecule has 1 fully saturated rings. The first kappa shape index (κ1) is 11.7. The summed E-state index contributed by atoms with van der Waals surface area (Å²) in [5.74, 6) is 0.958. The highest BCUT2D eigenvalue weighted by atomic mass is 32.2. The number of aliphatic hydroxyl groups is 1. The van der Waals surface area contributed by atoms with E-state index in [0.717, 1.165) is 12.3 Å². The monoisotopic (exact) mass is 219 g/mol. The Kier molecular flexibility index (Phi) is 4.54. The van der Waals surface area contributed by atoms with Crippen LogP contribution in [0.4, 0.5) is 4.79 Å². The summed E-state index contributed by atoms with van der Waals surface area (Å²) < 4.78 is 4.88. The average molecular weight is 219 g/mol. The minimum absolute atomic E-state index is 0.0869. The second-order valence-corrected chi connectivity index (χ2v) is 4.83. The highest BCUT2D eigenvalue weighted by Crippen LogP contribution is 2.24. The van der Waals surface area contributed by atoms with E-state index in [1.54, 1.807) is 4.90 Å². The van der Waals surface area contributed by atoms with Crippen LogP contribution in [0.1, 0.15) is 13.8 Å². The maximum atomic E-state index is 11.5. The average Bonchev–Trinajstić information content (AvgIpc) is 2.18. The number of rotatable bonds is 2. The smallest absolute Gasteiger partial charge is 0.410 e. The highest BCUT2D eigenvalue weighted by molar-refractivity contribution is 8.00. The van der Waals surface area contributed by atoms with Crippen LogP contribution in [0.5, 0.6) is 0 Å². The molecule has 2 atom stereocenters. The molecule has 0 spiro atoms. The fourth-order valence-electron chi connectivity index (χ4n) is 1.41. The van der Waals surface area contributed by atoms with Gasteiger partial charge in [0, 0.05) is 23.6 Å². The molecule has 1 aliphatic rings. The Morgan fingerprint density at radius 3 is 3.00 bits per heavy atom. The van der Waals surface area contributed by atoms with Crippen LogP contribution in [0, 0.1) is 0 Å². The molecule has 0 radical (unpaired) electrons. The van der Waals surface area contributed by atoms with E-state index < -0.39 is 0 Å². The van der Waals surface area contributed by atoms with E-state index in [4.69, 9.17) is 9.84 Å². The van der Waals surface area contributed by atoms with Gasteiger partial charge in [-0.25, -0.2) is 4.79 Å². The summed E-state index contributed by atoms with van der Waals surface area (Å²) in [7, 11) is 0. The maximum Gasteiger partial charge on any atom is 0.410 e. The van der Waals surface area contributed by atoms with Gasteiger partial charge in [-0.05, 0) is 6.92 Å². The van der Waals surface area contributed by atoms with Crippen LogP contribution < -0.4 is 0 Å². The maximum absolute atomic E-state index is 11.5. The summed E-state index contributed by atoms with van der Waals surface area (Å²) in [6, 6.07) is 0.208. The molecule has 1 saturated heterocycles. The van der Waals surface area contributed by atoms with E-state index in [1.807, 2.05) is 18.7 Å². The van der Waals surface area contributed by atoms with Crippen molar-refractivity contribution < 1.29 is 14.6 Å². The van der Waals surface area contributed by atoms with E-state index >= 15 is 0 Å². The number of ether oxygens (including phenoxy) is 1.